The van der Waals surface area contributed by atoms with Gasteiger partial charge in [-0.05, 0) is 60.6 Å². The van der Waals surface area contributed by atoms with Crippen molar-refractivity contribution in [2.45, 2.75) is 39.5 Å². The summed E-state index contributed by atoms with van der Waals surface area (Å²) in [5, 5.41) is 10.9. The monoisotopic (exact) mass is 425 g/mol. The van der Waals surface area contributed by atoms with Crippen molar-refractivity contribution in [3.8, 4) is 23.0 Å². The van der Waals surface area contributed by atoms with Crippen molar-refractivity contribution in [3.63, 3.8) is 0 Å². The SMILES string of the molecule is COc1cc(C)cc(O)c1C(CC(=O)N1CC(C)CC(C)C1)c1ccc2c(c1)OCO2. The average Bonchev–Trinajstić information content (AvgIpc) is 3.19. The lowest BCUT2D eigenvalue weighted by atomic mass is 9.85. The number of nitrogens with zero attached hydrogens (tertiary/aromatic N) is 1. The predicted molar refractivity (Wildman–Crippen MR) is 118 cm³/mol. The maximum absolute atomic E-state index is 13.4. The molecule has 2 aromatic carbocycles. The molecule has 2 aliphatic heterocycles. The first-order chi connectivity index (χ1) is 14.9. The number of fused-ring (bicyclic) bond motifs is 1. The van der Waals surface area contributed by atoms with E-state index < -0.39 is 0 Å². The van der Waals surface area contributed by atoms with Crippen molar-refractivity contribution < 1.29 is 24.1 Å². The molecule has 31 heavy (non-hydrogen) atoms. The number of carbonyl (C=O) groups excluding carboxylic acids is 1. The normalized spacial score (nSPS) is 21.1. The molecule has 6 heteroatoms. The minimum absolute atomic E-state index is 0.0862. The highest BCUT2D eigenvalue weighted by molar-refractivity contribution is 5.78. The Kier molecular flexibility index (Phi) is 5.99. The number of amides is 1. The summed E-state index contributed by atoms with van der Waals surface area (Å²) in [6.07, 6.45) is 1.38. The third kappa shape index (κ3) is 4.43. The topological polar surface area (TPSA) is 68.2 Å². The Balaban J connectivity index is 1.73. The van der Waals surface area contributed by atoms with Crippen LogP contribution in [0.1, 0.15) is 49.3 Å². The fourth-order valence-electron chi connectivity index (χ4n) is 4.95. The summed E-state index contributed by atoms with van der Waals surface area (Å²) in [5.41, 5.74) is 2.40. The molecule has 1 N–H and O–H groups in total. The van der Waals surface area contributed by atoms with Crippen molar-refractivity contribution in [3.05, 3.63) is 47.0 Å². The first kappa shape index (κ1) is 21.3. The molecule has 1 saturated heterocycles. The molecule has 0 saturated carbocycles. The van der Waals surface area contributed by atoms with Crippen LogP contribution in [0.3, 0.4) is 0 Å². The van der Waals surface area contributed by atoms with Gasteiger partial charge in [0.05, 0.1) is 7.11 Å². The van der Waals surface area contributed by atoms with Gasteiger partial charge in [0.25, 0.3) is 0 Å². The zero-order valence-electron chi connectivity index (χ0n) is 18.7. The summed E-state index contributed by atoms with van der Waals surface area (Å²) in [5.74, 6) is 2.74. The zero-order valence-corrected chi connectivity index (χ0v) is 18.7. The maximum Gasteiger partial charge on any atom is 0.231 e. The highest BCUT2D eigenvalue weighted by Crippen LogP contribution is 2.44. The number of benzene rings is 2. The standard InChI is InChI=1S/C25H31NO5/c1-15-8-20(27)25(23(9-15)29-4)19(18-5-6-21-22(10-18)31-14-30-21)11-24(28)26-12-16(2)7-17(3)13-26/h5-6,8-10,16-17,19,27H,7,11-14H2,1-4H3. The summed E-state index contributed by atoms with van der Waals surface area (Å²) in [6.45, 7) is 8.02. The lowest BCUT2D eigenvalue weighted by molar-refractivity contribution is -0.134. The minimum atomic E-state index is -0.370. The van der Waals surface area contributed by atoms with Gasteiger partial charge in [0, 0.05) is 31.0 Å². The van der Waals surface area contributed by atoms with Crippen molar-refractivity contribution in [1.29, 1.82) is 0 Å². The van der Waals surface area contributed by atoms with Gasteiger partial charge in [-0.15, -0.1) is 0 Å². The summed E-state index contributed by atoms with van der Waals surface area (Å²) in [4.78, 5) is 15.4. The van der Waals surface area contributed by atoms with Crippen molar-refractivity contribution >= 4 is 5.91 Å². The van der Waals surface area contributed by atoms with Gasteiger partial charge in [-0.25, -0.2) is 0 Å². The molecule has 2 aromatic rings. The van der Waals surface area contributed by atoms with E-state index in [4.69, 9.17) is 14.2 Å². The van der Waals surface area contributed by atoms with E-state index in [0.717, 1.165) is 30.6 Å². The molecule has 0 spiro atoms. The Hall–Kier alpha value is -2.89. The van der Waals surface area contributed by atoms with Crippen LogP contribution in [0.5, 0.6) is 23.0 Å². The van der Waals surface area contributed by atoms with Crippen LogP contribution in [-0.4, -0.2) is 42.9 Å². The van der Waals surface area contributed by atoms with Crippen LogP contribution in [0.2, 0.25) is 0 Å². The minimum Gasteiger partial charge on any atom is -0.507 e. The molecule has 3 atom stereocenters. The van der Waals surface area contributed by atoms with Crippen LogP contribution in [0.4, 0.5) is 0 Å². The Morgan fingerprint density at radius 3 is 2.58 bits per heavy atom. The summed E-state index contributed by atoms with van der Waals surface area (Å²) < 4.78 is 16.6. The smallest absolute Gasteiger partial charge is 0.231 e. The quantitative estimate of drug-likeness (QED) is 0.766. The van der Waals surface area contributed by atoms with Crippen molar-refractivity contribution in [2.75, 3.05) is 27.0 Å². The molecule has 6 nitrogen and oxygen atoms in total. The predicted octanol–water partition coefficient (Wildman–Crippen LogP) is 4.46. The van der Waals surface area contributed by atoms with Gasteiger partial charge in [-0.1, -0.05) is 19.9 Å². The third-order valence-corrected chi connectivity index (χ3v) is 6.23. The number of ether oxygens (including phenoxy) is 3. The number of aryl methyl sites for hydroxylation is 1. The van der Waals surface area contributed by atoms with Gasteiger partial charge in [-0.2, -0.15) is 0 Å². The Labute approximate surface area is 183 Å². The van der Waals surface area contributed by atoms with E-state index >= 15 is 0 Å². The number of aromatic hydroxyl groups is 1. The van der Waals surface area contributed by atoms with E-state index in [1.807, 2.05) is 36.1 Å². The van der Waals surface area contributed by atoms with Crippen molar-refractivity contribution in [1.82, 2.24) is 4.90 Å². The number of methoxy groups -OCH3 is 1. The van der Waals surface area contributed by atoms with Gasteiger partial charge >= 0.3 is 0 Å². The molecule has 1 amide bonds. The van der Waals surface area contributed by atoms with Crippen LogP contribution in [-0.2, 0) is 4.79 Å². The molecular formula is C25H31NO5. The second-order valence-corrected chi connectivity index (χ2v) is 9.01. The molecule has 4 rings (SSSR count). The third-order valence-electron chi connectivity index (χ3n) is 6.23. The van der Waals surface area contributed by atoms with Crippen LogP contribution in [0, 0.1) is 18.8 Å². The van der Waals surface area contributed by atoms with E-state index in [1.165, 1.54) is 0 Å². The Bertz CT molecular complexity index is 963. The average molecular weight is 426 g/mol. The van der Waals surface area contributed by atoms with Crippen LogP contribution in [0.25, 0.3) is 0 Å². The number of phenols is 1. The molecule has 166 valence electrons. The number of hydrogen-bond acceptors (Lipinski definition) is 5. The molecule has 0 aliphatic carbocycles. The largest absolute Gasteiger partial charge is 0.507 e. The van der Waals surface area contributed by atoms with Gasteiger partial charge in [0.2, 0.25) is 12.7 Å². The summed E-state index contributed by atoms with van der Waals surface area (Å²) >= 11 is 0. The highest BCUT2D eigenvalue weighted by Gasteiger charge is 2.31. The number of piperidine rings is 1. The van der Waals surface area contributed by atoms with Gasteiger partial charge in [0.15, 0.2) is 11.5 Å². The van der Waals surface area contributed by atoms with E-state index in [-0.39, 0.29) is 30.8 Å². The second-order valence-electron chi connectivity index (χ2n) is 9.01. The lowest BCUT2D eigenvalue weighted by Gasteiger charge is -2.36. The van der Waals surface area contributed by atoms with E-state index in [1.54, 1.807) is 13.2 Å². The molecule has 3 unspecified atom stereocenters. The molecule has 0 bridgehead atoms. The highest BCUT2D eigenvalue weighted by atomic mass is 16.7. The van der Waals surface area contributed by atoms with E-state index in [0.29, 0.717) is 34.6 Å². The number of carbonyl (C=O) groups is 1. The Morgan fingerprint density at radius 2 is 1.87 bits per heavy atom. The fourth-order valence-corrected chi connectivity index (χ4v) is 4.95. The molecule has 0 aromatic heterocycles. The van der Waals surface area contributed by atoms with E-state index in [2.05, 4.69) is 13.8 Å². The first-order valence-electron chi connectivity index (χ1n) is 10.9. The number of likely N-dealkylation sites (tertiary alicyclic amines) is 1. The molecule has 2 aliphatic rings. The fraction of sp³-hybridized carbons (Fsp3) is 0.480. The van der Waals surface area contributed by atoms with Crippen LogP contribution < -0.4 is 14.2 Å². The lowest BCUT2D eigenvalue weighted by Crippen LogP contribution is -2.43. The number of hydrogen-bond donors (Lipinski definition) is 1. The summed E-state index contributed by atoms with van der Waals surface area (Å²) in [7, 11) is 1.59. The first-order valence-corrected chi connectivity index (χ1v) is 10.9. The van der Waals surface area contributed by atoms with Gasteiger partial charge in [-0.3, -0.25) is 4.79 Å². The number of rotatable bonds is 5. The zero-order chi connectivity index (χ0) is 22.1. The van der Waals surface area contributed by atoms with Crippen LogP contribution >= 0.6 is 0 Å². The molecule has 0 radical (unpaired) electrons. The van der Waals surface area contributed by atoms with E-state index in [9.17, 15) is 9.90 Å². The van der Waals surface area contributed by atoms with Gasteiger partial charge < -0.3 is 24.2 Å². The van der Waals surface area contributed by atoms with Gasteiger partial charge in [0.1, 0.15) is 11.5 Å². The Morgan fingerprint density at radius 1 is 1.16 bits per heavy atom. The molecule has 2 heterocycles. The molecular weight excluding hydrogens is 394 g/mol. The maximum atomic E-state index is 13.4. The van der Waals surface area contributed by atoms with Crippen molar-refractivity contribution in [2.24, 2.45) is 11.8 Å². The number of phenolic OH excluding ortho intramolecular Hbond substituents is 1. The molecule has 1 fully saturated rings. The second kappa shape index (κ2) is 8.69. The summed E-state index contributed by atoms with van der Waals surface area (Å²) in [6, 6.07) is 9.31. The van der Waals surface area contributed by atoms with Crippen LogP contribution in [0.15, 0.2) is 30.3 Å².